The number of aromatic nitrogens is 5. The first kappa shape index (κ1) is 20.1. The van der Waals surface area contributed by atoms with E-state index >= 15 is 0 Å². The Labute approximate surface area is 195 Å². The molecule has 8 heteroatoms. The fraction of sp³-hybridized carbons (Fsp3) is 0.200. The summed E-state index contributed by atoms with van der Waals surface area (Å²) in [7, 11) is 0. The molecule has 7 nitrogen and oxygen atoms in total. The molecule has 4 aromatic heterocycles. The number of H-pyrrole nitrogens is 1. The van der Waals surface area contributed by atoms with Gasteiger partial charge in [-0.3, -0.25) is 4.98 Å². The second-order valence-electron chi connectivity index (χ2n) is 8.18. The van der Waals surface area contributed by atoms with Crippen molar-refractivity contribution in [3.8, 4) is 11.4 Å². The van der Waals surface area contributed by atoms with E-state index in [2.05, 4.69) is 38.5 Å². The van der Waals surface area contributed by atoms with Gasteiger partial charge in [-0.05, 0) is 48.6 Å². The third-order valence-corrected chi connectivity index (χ3v) is 6.76. The zero-order valence-corrected chi connectivity index (χ0v) is 18.8. The van der Waals surface area contributed by atoms with Crippen LogP contribution in [-0.2, 0) is 0 Å². The van der Waals surface area contributed by atoms with Crippen molar-refractivity contribution in [2.24, 2.45) is 5.73 Å². The second kappa shape index (κ2) is 8.46. The molecule has 0 bridgehead atoms. The molecule has 4 N–H and O–H groups in total. The summed E-state index contributed by atoms with van der Waals surface area (Å²) in [4.78, 5) is 23.5. The van der Waals surface area contributed by atoms with Gasteiger partial charge in [-0.2, -0.15) is 0 Å². The maximum absolute atomic E-state index is 5.79. The summed E-state index contributed by atoms with van der Waals surface area (Å²) < 4.78 is 0. The Morgan fingerprint density at radius 2 is 1.97 bits per heavy atom. The molecule has 0 radical (unpaired) electrons. The minimum absolute atomic E-state index is 0.530. The molecule has 0 unspecified atom stereocenters. The summed E-state index contributed by atoms with van der Waals surface area (Å²) in [5.41, 5.74) is 9.61. The molecule has 1 aliphatic rings. The zero-order chi connectivity index (χ0) is 22.2. The number of pyridine rings is 2. The molecule has 1 aromatic carbocycles. The molecule has 33 heavy (non-hydrogen) atoms. The maximum Gasteiger partial charge on any atom is 0.163 e. The van der Waals surface area contributed by atoms with Crippen LogP contribution in [0.2, 0.25) is 0 Å². The van der Waals surface area contributed by atoms with Crippen LogP contribution in [0.3, 0.4) is 0 Å². The Kier molecular flexibility index (Phi) is 5.16. The highest BCUT2D eigenvalue weighted by Crippen LogP contribution is 2.44. The van der Waals surface area contributed by atoms with Gasteiger partial charge in [-0.25, -0.2) is 15.0 Å². The van der Waals surface area contributed by atoms with Crippen LogP contribution in [0.5, 0.6) is 0 Å². The lowest BCUT2D eigenvalue weighted by molar-refractivity contribution is 1.01. The van der Waals surface area contributed by atoms with E-state index in [1.54, 1.807) is 18.0 Å². The van der Waals surface area contributed by atoms with Crippen molar-refractivity contribution in [1.82, 2.24) is 24.9 Å². The molecule has 6 rings (SSSR count). The fourth-order valence-corrected chi connectivity index (χ4v) is 4.99. The van der Waals surface area contributed by atoms with Crippen LogP contribution in [0.1, 0.15) is 24.3 Å². The number of anilines is 1. The van der Waals surface area contributed by atoms with Crippen molar-refractivity contribution in [3.05, 3.63) is 66.6 Å². The lowest BCUT2D eigenvalue weighted by atomic mass is 10.1. The molecule has 1 fully saturated rings. The van der Waals surface area contributed by atoms with Crippen LogP contribution in [0.15, 0.2) is 71.0 Å². The molecule has 0 spiro atoms. The van der Waals surface area contributed by atoms with Gasteiger partial charge in [0.15, 0.2) is 5.82 Å². The number of hydrogen-bond donors (Lipinski definition) is 3. The van der Waals surface area contributed by atoms with Crippen LogP contribution in [0.25, 0.3) is 33.3 Å². The van der Waals surface area contributed by atoms with E-state index in [4.69, 9.17) is 15.7 Å². The summed E-state index contributed by atoms with van der Waals surface area (Å²) in [6, 6.07) is 14.4. The number of hydrogen-bond acceptors (Lipinski definition) is 7. The number of nitrogens with two attached hydrogens (primary N) is 1. The van der Waals surface area contributed by atoms with Crippen molar-refractivity contribution in [3.63, 3.8) is 0 Å². The molecule has 0 aliphatic heterocycles. The Hall–Kier alpha value is -3.49. The topological polar surface area (TPSA) is 105 Å². The first-order valence-electron chi connectivity index (χ1n) is 11.1. The summed E-state index contributed by atoms with van der Waals surface area (Å²) in [5, 5.41) is 6.50. The summed E-state index contributed by atoms with van der Waals surface area (Å²) in [5.74, 6) is 2.02. The maximum atomic E-state index is 5.79. The van der Waals surface area contributed by atoms with Gasteiger partial charge in [0.05, 0.1) is 16.7 Å². The van der Waals surface area contributed by atoms with Gasteiger partial charge >= 0.3 is 0 Å². The van der Waals surface area contributed by atoms with Gasteiger partial charge < -0.3 is 16.0 Å². The van der Waals surface area contributed by atoms with Crippen LogP contribution in [0, 0.1) is 0 Å². The molecule has 4 heterocycles. The lowest BCUT2D eigenvalue weighted by Crippen LogP contribution is -2.15. The van der Waals surface area contributed by atoms with E-state index in [0.29, 0.717) is 24.8 Å². The monoisotopic (exact) mass is 453 g/mol. The number of fused-ring (bicyclic) bond motifs is 2. The Bertz CT molecular complexity index is 1440. The van der Waals surface area contributed by atoms with Gasteiger partial charge in [0.1, 0.15) is 11.5 Å². The number of aromatic amines is 1. The molecule has 1 saturated carbocycles. The number of nitrogens with one attached hydrogen (secondary N) is 2. The molecular formula is C25H23N7S. The minimum Gasteiger partial charge on any atom is -0.368 e. The zero-order valence-electron chi connectivity index (χ0n) is 18.0. The molecule has 164 valence electrons. The predicted octanol–water partition coefficient (Wildman–Crippen LogP) is 4.97. The quantitative estimate of drug-likeness (QED) is 0.320. The van der Waals surface area contributed by atoms with E-state index < -0.39 is 0 Å². The van der Waals surface area contributed by atoms with E-state index in [1.165, 1.54) is 23.3 Å². The van der Waals surface area contributed by atoms with Gasteiger partial charge in [-0.1, -0.05) is 30.0 Å². The van der Waals surface area contributed by atoms with Gasteiger partial charge in [-0.15, -0.1) is 0 Å². The van der Waals surface area contributed by atoms with Crippen LogP contribution >= 0.6 is 11.8 Å². The molecule has 0 amide bonds. The highest BCUT2D eigenvalue weighted by Gasteiger charge is 2.28. The van der Waals surface area contributed by atoms with Crippen molar-refractivity contribution in [2.45, 2.75) is 28.7 Å². The Morgan fingerprint density at radius 1 is 1.09 bits per heavy atom. The Morgan fingerprint density at radius 3 is 2.79 bits per heavy atom. The third kappa shape index (κ3) is 3.92. The van der Waals surface area contributed by atoms with Crippen LogP contribution < -0.4 is 11.1 Å². The number of nitrogens with zero attached hydrogens (tertiary/aromatic N) is 4. The predicted molar refractivity (Wildman–Crippen MR) is 133 cm³/mol. The summed E-state index contributed by atoms with van der Waals surface area (Å²) in [6.07, 6.45) is 7.96. The van der Waals surface area contributed by atoms with E-state index in [1.807, 2.05) is 36.7 Å². The summed E-state index contributed by atoms with van der Waals surface area (Å²) in [6.45, 7) is 1.17. The van der Waals surface area contributed by atoms with Crippen molar-refractivity contribution >= 4 is 39.5 Å². The van der Waals surface area contributed by atoms with Gasteiger partial charge in [0.25, 0.3) is 0 Å². The fourth-order valence-electron chi connectivity index (χ4n) is 4.12. The Balaban J connectivity index is 1.48. The van der Waals surface area contributed by atoms with Gasteiger partial charge in [0, 0.05) is 46.7 Å². The highest BCUT2D eigenvalue weighted by molar-refractivity contribution is 7.99. The SMILES string of the molecule is NCCNc1nc(-c2ccnc3[nH]c(Sc4ccccc4)cc23)nc2cncc(C3CC3)c12. The molecule has 0 saturated heterocycles. The van der Waals surface area contributed by atoms with E-state index in [-0.39, 0.29) is 0 Å². The smallest absolute Gasteiger partial charge is 0.163 e. The van der Waals surface area contributed by atoms with Crippen LogP contribution in [0.4, 0.5) is 5.82 Å². The molecular weight excluding hydrogens is 430 g/mol. The summed E-state index contributed by atoms with van der Waals surface area (Å²) >= 11 is 1.67. The normalized spacial score (nSPS) is 13.6. The van der Waals surface area contributed by atoms with Crippen molar-refractivity contribution in [2.75, 3.05) is 18.4 Å². The molecule has 0 atom stereocenters. The van der Waals surface area contributed by atoms with E-state index in [9.17, 15) is 0 Å². The largest absolute Gasteiger partial charge is 0.368 e. The van der Waals surface area contributed by atoms with Crippen molar-refractivity contribution in [1.29, 1.82) is 0 Å². The molecule has 1 aliphatic carbocycles. The first-order valence-corrected chi connectivity index (χ1v) is 11.9. The number of benzene rings is 1. The van der Waals surface area contributed by atoms with Crippen LogP contribution in [-0.4, -0.2) is 38.0 Å². The standard InChI is InChI=1S/C25H23N7S/c26-9-11-29-25-22-19(15-6-7-15)13-27-14-20(22)30-24(32-25)17-8-10-28-23-18(17)12-21(31-23)33-16-4-2-1-3-5-16/h1-5,8,10,12-15H,6-7,9,11,26H2,(H,28,31)(H,29,30,32). The number of rotatable bonds is 7. The van der Waals surface area contributed by atoms with Crippen molar-refractivity contribution < 1.29 is 0 Å². The third-order valence-electron chi connectivity index (χ3n) is 5.81. The van der Waals surface area contributed by atoms with Gasteiger partial charge in [0.2, 0.25) is 0 Å². The average molecular weight is 454 g/mol. The lowest BCUT2D eigenvalue weighted by Gasteiger charge is -2.13. The second-order valence-corrected chi connectivity index (χ2v) is 9.29. The highest BCUT2D eigenvalue weighted by atomic mass is 32.2. The van der Waals surface area contributed by atoms with E-state index in [0.717, 1.165) is 38.3 Å². The minimum atomic E-state index is 0.530. The molecule has 5 aromatic rings. The average Bonchev–Trinajstić information content (AvgIpc) is 3.61. The first-order chi connectivity index (χ1) is 16.3.